The van der Waals surface area contributed by atoms with Crippen LogP contribution in [0.15, 0.2) is 42.5 Å². The van der Waals surface area contributed by atoms with E-state index in [9.17, 15) is 9.59 Å². The van der Waals surface area contributed by atoms with Gasteiger partial charge >= 0.3 is 0 Å². The first-order valence-electron chi connectivity index (χ1n) is 8.12. The summed E-state index contributed by atoms with van der Waals surface area (Å²) in [5.41, 5.74) is 8.99. The highest BCUT2D eigenvalue weighted by Crippen LogP contribution is 2.22. The van der Waals surface area contributed by atoms with Crippen molar-refractivity contribution >= 4 is 47.2 Å². The molecule has 0 spiro atoms. The average Bonchev–Trinajstić information content (AvgIpc) is 2.58. The van der Waals surface area contributed by atoms with Gasteiger partial charge in [-0.15, -0.1) is 12.4 Å². The van der Waals surface area contributed by atoms with Crippen LogP contribution in [0.4, 0.5) is 11.4 Å². The van der Waals surface area contributed by atoms with E-state index in [0.717, 1.165) is 11.1 Å². The van der Waals surface area contributed by atoms with Gasteiger partial charge in [-0.25, -0.2) is 0 Å². The van der Waals surface area contributed by atoms with Crippen LogP contribution in [-0.4, -0.2) is 18.4 Å². The summed E-state index contributed by atoms with van der Waals surface area (Å²) in [5, 5.41) is 6.15. The van der Waals surface area contributed by atoms with Crippen LogP contribution in [0.3, 0.4) is 0 Å². The predicted molar refractivity (Wildman–Crippen MR) is 109 cm³/mol. The van der Waals surface area contributed by atoms with Crippen LogP contribution in [0.5, 0.6) is 0 Å². The predicted octanol–water partition coefficient (Wildman–Crippen LogP) is 3.73. The standard InChI is InChI=1S/C19H22ClN3O2.ClH/c1-13-15(20)6-4-8-17(13)23-19(25)11-12-22-18(24)10-9-14-5-2-3-7-16(14)21;/h2-8H,9-12,21H2,1H3,(H,22,24)(H,23,25);1H. The van der Waals surface area contributed by atoms with E-state index in [1.807, 2.05) is 31.2 Å². The normalized spacial score (nSPS) is 9.92. The highest BCUT2D eigenvalue weighted by atomic mass is 35.5. The van der Waals surface area contributed by atoms with Gasteiger partial charge in [-0.2, -0.15) is 0 Å². The number of aryl methyl sites for hydroxylation is 1. The fourth-order valence-corrected chi connectivity index (χ4v) is 2.54. The van der Waals surface area contributed by atoms with Crippen LogP contribution in [0.2, 0.25) is 5.02 Å². The van der Waals surface area contributed by atoms with Crippen molar-refractivity contribution < 1.29 is 9.59 Å². The quantitative estimate of drug-likeness (QED) is 0.624. The first-order valence-corrected chi connectivity index (χ1v) is 8.50. The van der Waals surface area contributed by atoms with Crippen LogP contribution < -0.4 is 16.4 Å². The fraction of sp³-hybridized carbons (Fsp3) is 0.263. The Morgan fingerprint density at radius 1 is 1.04 bits per heavy atom. The molecule has 0 aromatic heterocycles. The number of nitrogens with two attached hydrogens (primary N) is 1. The van der Waals surface area contributed by atoms with Crippen molar-refractivity contribution in [3.05, 3.63) is 58.6 Å². The van der Waals surface area contributed by atoms with E-state index in [4.69, 9.17) is 17.3 Å². The fourth-order valence-electron chi connectivity index (χ4n) is 2.37. The van der Waals surface area contributed by atoms with Crippen LogP contribution >= 0.6 is 24.0 Å². The van der Waals surface area contributed by atoms with Gasteiger partial charge in [-0.05, 0) is 42.7 Å². The lowest BCUT2D eigenvalue weighted by molar-refractivity contribution is -0.121. The number of hydrogen-bond acceptors (Lipinski definition) is 3. The molecule has 0 aliphatic heterocycles. The number of rotatable bonds is 7. The zero-order valence-electron chi connectivity index (χ0n) is 14.5. The number of carbonyl (C=O) groups excluding carboxylic acids is 2. The molecule has 0 fully saturated rings. The molecule has 0 saturated heterocycles. The first-order chi connectivity index (χ1) is 12.0. The first kappa shape index (κ1) is 21.8. The van der Waals surface area contributed by atoms with Crippen molar-refractivity contribution in [2.45, 2.75) is 26.2 Å². The molecule has 26 heavy (non-hydrogen) atoms. The molecule has 7 heteroatoms. The second kappa shape index (κ2) is 10.7. The summed E-state index contributed by atoms with van der Waals surface area (Å²) in [6.45, 7) is 2.13. The summed E-state index contributed by atoms with van der Waals surface area (Å²) < 4.78 is 0. The summed E-state index contributed by atoms with van der Waals surface area (Å²) >= 11 is 6.02. The molecule has 0 aliphatic carbocycles. The molecule has 0 radical (unpaired) electrons. The summed E-state index contributed by atoms with van der Waals surface area (Å²) in [5.74, 6) is -0.270. The largest absolute Gasteiger partial charge is 0.399 e. The lowest BCUT2D eigenvalue weighted by Crippen LogP contribution is -2.28. The maximum absolute atomic E-state index is 12.0. The molecule has 140 valence electrons. The molecule has 0 atom stereocenters. The zero-order valence-corrected chi connectivity index (χ0v) is 16.1. The second-order valence-corrected chi connectivity index (χ2v) is 6.17. The molecule has 0 bridgehead atoms. The number of nitrogen functional groups attached to an aromatic ring is 1. The molecule has 0 unspecified atom stereocenters. The number of hydrogen-bond donors (Lipinski definition) is 3. The minimum Gasteiger partial charge on any atom is -0.399 e. The Labute approximate surface area is 164 Å². The third-order valence-corrected chi connectivity index (χ3v) is 4.30. The van der Waals surface area contributed by atoms with E-state index in [0.29, 0.717) is 29.2 Å². The van der Waals surface area contributed by atoms with Crippen LogP contribution in [0, 0.1) is 6.92 Å². The SMILES string of the molecule is Cc1c(Cl)cccc1NC(=O)CCNC(=O)CCc1ccccc1N.Cl. The minimum atomic E-state index is -0.169. The monoisotopic (exact) mass is 395 g/mol. The lowest BCUT2D eigenvalue weighted by Gasteiger charge is -2.10. The Kier molecular flexibility index (Phi) is 8.96. The van der Waals surface area contributed by atoms with Gasteiger partial charge in [0.2, 0.25) is 11.8 Å². The lowest BCUT2D eigenvalue weighted by atomic mass is 10.1. The Hall–Kier alpha value is -2.24. The van der Waals surface area contributed by atoms with Gasteiger partial charge in [-0.3, -0.25) is 9.59 Å². The maximum Gasteiger partial charge on any atom is 0.226 e. The van der Waals surface area contributed by atoms with E-state index in [1.54, 1.807) is 18.2 Å². The van der Waals surface area contributed by atoms with Gasteiger partial charge in [0.25, 0.3) is 0 Å². The third kappa shape index (κ3) is 6.58. The van der Waals surface area contributed by atoms with E-state index in [-0.39, 0.29) is 37.2 Å². The molecule has 5 nitrogen and oxygen atoms in total. The molecule has 0 heterocycles. The van der Waals surface area contributed by atoms with Gasteiger partial charge in [-0.1, -0.05) is 35.9 Å². The Morgan fingerprint density at radius 3 is 2.50 bits per heavy atom. The van der Waals surface area contributed by atoms with Crippen molar-refractivity contribution in [3.8, 4) is 0 Å². The van der Waals surface area contributed by atoms with Crippen LogP contribution in [-0.2, 0) is 16.0 Å². The number of carbonyl (C=O) groups is 2. The highest BCUT2D eigenvalue weighted by Gasteiger charge is 2.08. The Morgan fingerprint density at radius 2 is 1.77 bits per heavy atom. The van der Waals surface area contributed by atoms with Crippen molar-refractivity contribution in [1.82, 2.24) is 5.32 Å². The van der Waals surface area contributed by atoms with Gasteiger partial charge in [0.05, 0.1) is 0 Å². The summed E-state index contributed by atoms with van der Waals surface area (Å²) in [6, 6.07) is 12.8. The summed E-state index contributed by atoms with van der Waals surface area (Å²) in [7, 11) is 0. The molecule has 0 saturated carbocycles. The summed E-state index contributed by atoms with van der Waals surface area (Å²) in [4.78, 5) is 23.8. The topological polar surface area (TPSA) is 84.2 Å². The van der Waals surface area contributed by atoms with E-state index in [2.05, 4.69) is 10.6 Å². The number of nitrogens with one attached hydrogen (secondary N) is 2. The van der Waals surface area contributed by atoms with Crippen molar-refractivity contribution in [3.63, 3.8) is 0 Å². The van der Waals surface area contributed by atoms with Gasteiger partial charge in [0, 0.05) is 35.8 Å². The average molecular weight is 396 g/mol. The third-order valence-electron chi connectivity index (χ3n) is 3.89. The molecule has 2 rings (SSSR count). The van der Waals surface area contributed by atoms with Crippen LogP contribution in [0.1, 0.15) is 24.0 Å². The van der Waals surface area contributed by atoms with E-state index < -0.39 is 0 Å². The maximum atomic E-state index is 12.0. The second-order valence-electron chi connectivity index (χ2n) is 5.76. The molecule has 4 N–H and O–H groups in total. The molecule has 2 aromatic carbocycles. The number of amides is 2. The molecular weight excluding hydrogens is 373 g/mol. The minimum absolute atomic E-state index is 0. The highest BCUT2D eigenvalue weighted by molar-refractivity contribution is 6.31. The van der Waals surface area contributed by atoms with Crippen LogP contribution in [0.25, 0.3) is 0 Å². The Balaban J connectivity index is 0.00000338. The van der Waals surface area contributed by atoms with Crippen molar-refractivity contribution in [2.24, 2.45) is 0 Å². The van der Waals surface area contributed by atoms with E-state index in [1.165, 1.54) is 0 Å². The van der Waals surface area contributed by atoms with Crippen molar-refractivity contribution in [1.29, 1.82) is 0 Å². The molecular formula is C19H23Cl2N3O2. The van der Waals surface area contributed by atoms with E-state index >= 15 is 0 Å². The number of para-hydroxylation sites is 1. The number of benzene rings is 2. The molecule has 2 amide bonds. The van der Waals surface area contributed by atoms with Gasteiger partial charge in [0.1, 0.15) is 0 Å². The number of anilines is 2. The summed E-state index contributed by atoms with van der Waals surface area (Å²) in [6.07, 6.45) is 1.11. The molecule has 0 aliphatic rings. The van der Waals surface area contributed by atoms with Crippen molar-refractivity contribution in [2.75, 3.05) is 17.6 Å². The Bertz CT molecular complexity index is 766. The smallest absolute Gasteiger partial charge is 0.226 e. The van der Waals surface area contributed by atoms with Gasteiger partial charge in [0.15, 0.2) is 0 Å². The zero-order chi connectivity index (χ0) is 18.2. The number of halogens is 2. The molecule has 2 aromatic rings. The van der Waals surface area contributed by atoms with Gasteiger partial charge < -0.3 is 16.4 Å².